The van der Waals surface area contributed by atoms with Crippen LogP contribution in [0.1, 0.15) is 16.8 Å². The molecule has 0 radical (unpaired) electrons. The summed E-state index contributed by atoms with van der Waals surface area (Å²) in [7, 11) is 0. The summed E-state index contributed by atoms with van der Waals surface area (Å²) >= 11 is 0. The third-order valence-corrected chi connectivity index (χ3v) is 4.50. The normalized spacial score (nSPS) is 12.3. The van der Waals surface area contributed by atoms with E-state index in [1.807, 2.05) is 12.3 Å². The van der Waals surface area contributed by atoms with Gasteiger partial charge in [0.25, 0.3) is 0 Å². The van der Waals surface area contributed by atoms with E-state index in [0.29, 0.717) is 19.4 Å². The summed E-state index contributed by atoms with van der Waals surface area (Å²) in [4.78, 5) is 14.7. The molecule has 2 aromatic heterocycles. The number of amides is 1. The fraction of sp³-hybridized carbons (Fsp3) is 0.211. The van der Waals surface area contributed by atoms with Crippen molar-refractivity contribution in [2.75, 3.05) is 6.54 Å². The summed E-state index contributed by atoms with van der Waals surface area (Å²) in [5.74, 6) is 0. The van der Waals surface area contributed by atoms with Gasteiger partial charge in [-0.25, -0.2) is 0 Å². The van der Waals surface area contributed by atoms with Gasteiger partial charge >= 0.3 is 0 Å². The van der Waals surface area contributed by atoms with E-state index in [9.17, 15) is 4.79 Å². The number of benzene rings is 1. The van der Waals surface area contributed by atoms with Gasteiger partial charge in [-0.1, -0.05) is 24.3 Å². The van der Waals surface area contributed by atoms with Gasteiger partial charge in [0.2, 0.25) is 6.41 Å². The summed E-state index contributed by atoms with van der Waals surface area (Å²) in [5.41, 5.74) is 8.06. The average Bonchev–Trinajstić information content (AvgIpc) is 3.07. The van der Waals surface area contributed by atoms with Gasteiger partial charge in [0.15, 0.2) is 0 Å². The molecule has 0 atom stereocenters. The van der Waals surface area contributed by atoms with Gasteiger partial charge in [-0.05, 0) is 30.5 Å². The Balaban J connectivity index is 1.69. The molecule has 2 N–H and O–H groups in total. The van der Waals surface area contributed by atoms with Crippen molar-refractivity contribution < 1.29 is 4.79 Å². The van der Waals surface area contributed by atoms with Crippen molar-refractivity contribution in [2.45, 2.75) is 19.3 Å². The third-order valence-electron chi connectivity index (χ3n) is 4.50. The molecule has 3 aromatic rings. The highest BCUT2D eigenvalue weighted by Crippen LogP contribution is 2.36. The van der Waals surface area contributed by atoms with E-state index in [0.717, 1.165) is 35.5 Å². The molecular weight excluding hydrogens is 300 g/mol. The van der Waals surface area contributed by atoms with Gasteiger partial charge in [-0.3, -0.25) is 14.9 Å². The third kappa shape index (κ3) is 2.58. The number of carbonyl (C=O) groups excluding carboxylic acids is 1. The van der Waals surface area contributed by atoms with Gasteiger partial charge in [0.05, 0.1) is 11.4 Å². The minimum atomic E-state index is 0.589. The second-order valence-corrected chi connectivity index (χ2v) is 5.94. The van der Waals surface area contributed by atoms with E-state index in [-0.39, 0.29) is 0 Å². The highest BCUT2D eigenvalue weighted by atomic mass is 16.1. The smallest absolute Gasteiger partial charge is 0.207 e. The van der Waals surface area contributed by atoms with Crippen LogP contribution in [0.15, 0.2) is 42.6 Å². The van der Waals surface area contributed by atoms with Crippen molar-refractivity contribution in [2.24, 2.45) is 0 Å². The lowest BCUT2D eigenvalue weighted by molar-refractivity contribution is -0.109. The number of hydrogen-bond acceptors (Lipinski definition) is 3. The van der Waals surface area contributed by atoms with Crippen LogP contribution in [-0.4, -0.2) is 28.1 Å². The second-order valence-electron chi connectivity index (χ2n) is 5.94. The lowest BCUT2D eigenvalue weighted by Gasteiger charge is -2.16. The van der Waals surface area contributed by atoms with E-state index in [4.69, 9.17) is 0 Å². The fourth-order valence-electron chi connectivity index (χ4n) is 3.33. The van der Waals surface area contributed by atoms with Crippen LogP contribution in [0.4, 0.5) is 0 Å². The minimum Gasteiger partial charge on any atom is -0.358 e. The first-order valence-electron chi connectivity index (χ1n) is 8.14. The molecule has 24 heavy (non-hydrogen) atoms. The van der Waals surface area contributed by atoms with Gasteiger partial charge in [0, 0.05) is 41.5 Å². The number of hydrogen-bond donors (Lipinski definition) is 2. The van der Waals surface area contributed by atoms with Gasteiger partial charge in [-0.15, -0.1) is 0 Å². The van der Waals surface area contributed by atoms with Crippen molar-refractivity contribution in [3.63, 3.8) is 0 Å². The summed E-state index contributed by atoms with van der Waals surface area (Å²) in [6.07, 6.45) is 5.26. The molecule has 5 nitrogen and oxygen atoms in total. The van der Waals surface area contributed by atoms with Crippen molar-refractivity contribution in [3.05, 3.63) is 59.4 Å². The van der Waals surface area contributed by atoms with Crippen LogP contribution in [-0.2, 0) is 24.1 Å². The van der Waals surface area contributed by atoms with Crippen molar-refractivity contribution in [3.8, 4) is 22.5 Å². The van der Waals surface area contributed by atoms with E-state index in [2.05, 4.69) is 50.8 Å². The van der Waals surface area contributed by atoms with Gasteiger partial charge in [-0.2, -0.15) is 5.10 Å². The number of nitrogens with zero attached hydrogens (tertiary/aromatic N) is 2. The highest BCUT2D eigenvalue weighted by Gasteiger charge is 2.22. The first-order valence-corrected chi connectivity index (χ1v) is 8.14. The maximum atomic E-state index is 10.4. The Bertz CT molecular complexity index is 885. The summed E-state index contributed by atoms with van der Waals surface area (Å²) in [6, 6.07) is 12.5. The van der Waals surface area contributed by atoms with Crippen molar-refractivity contribution in [1.82, 2.24) is 20.5 Å². The predicted molar refractivity (Wildman–Crippen MR) is 92.4 cm³/mol. The molecule has 1 aliphatic rings. The van der Waals surface area contributed by atoms with Crippen LogP contribution in [0.5, 0.6) is 0 Å². The lowest BCUT2D eigenvalue weighted by atomic mass is 9.88. The Morgan fingerprint density at radius 2 is 2.12 bits per heavy atom. The molecule has 120 valence electrons. The average molecular weight is 318 g/mol. The molecule has 0 saturated carbocycles. The zero-order valence-corrected chi connectivity index (χ0v) is 13.2. The van der Waals surface area contributed by atoms with Crippen LogP contribution in [0.3, 0.4) is 0 Å². The number of rotatable bonds is 5. The molecule has 0 unspecified atom stereocenters. The maximum absolute atomic E-state index is 10.4. The van der Waals surface area contributed by atoms with Crippen LogP contribution < -0.4 is 5.32 Å². The van der Waals surface area contributed by atoms with Crippen LogP contribution in [0.25, 0.3) is 22.5 Å². The number of aromatic amines is 1. The van der Waals surface area contributed by atoms with Gasteiger partial charge in [0.1, 0.15) is 0 Å². The van der Waals surface area contributed by atoms with E-state index >= 15 is 0 Å². The van der Waals surface area contributed by atoms with Crippen molar-refractivity contribution in [1.29, 1.82) is 0 Å². The topological polar surface area (TPSA) is 70.7 Å². The molecule has 1 aliphatic carbocycles. The summed E-state index contributed by atoms with van der Waals surface area (Å²) in [5, 5.41) is 10.5. The highest BCUT2D eigenvalue weighted by molar-refractivity contribution is 5.77. The predicted octanol–water partition coefficient (Wildman–Crippen LogP) is 2.53. The molecule has 4 rings (SSSR count). The lowest BCUT2D eigenvalue weighted by Crippen LogP contribution is -2.14. The first kappa shape index (κ1) is 14.6. The standard InChI is InChI=1S/C19H18N4O/c24-12-20-9-8-15-11-14(7-10-21-15)18-17-6-5-13-3-1-2-4-16(13)19(17)23-22-18/h1-4,7,10-12H,5-6,8-9H2,(H,20,24)(H,22,23). The Hall–Kier alpha value is -2.95. The zero-order valence-electron chi connectivity index (χ0n) is 13.2. The molecule has 1 amide bonds. The number of nitrogens with one attached hydrogen (secondary N) is 2. The second kappa shape index (κ2) is 6.28. The van der Waals surface area contributed by atoms with Crippen LogP contribution in [0, 0.1) is 0 Å². The molecule has 5 heteroatoms. The number of H-pyrrole nitrogens is 1. The summed E-state index contributed by atoms with van der Waals surface area (Å²) < 4.78 is 0. The Morgan fingerprint density at radius 3 is 3.04 bits per heavy atom. The van der Waals surface area contributed by atoms with E-state index in [1.54, 1.807) is 0 Å². The van der Waals surface area contributed by atoms with Crippen LogP contribution in [0.2, 0.25) is 0 Å². The largest absolute Gasteiger partial charge is 0.358 e. The van der Waals surface area contributed by atoms with Gasteiger partial charge < -0.3 is 5.32 Å². The zero-order chi connectivity index (χ0) is 16.4. The Morgan fingerprint density at radius 1 is 1.21 bits per heavy atom. The Labute approximate surface area is 140 Å². The number of carbonyl (C=O) groups is 1. The quantitative estimate of drug-likeness (QED) is 0.561. The SMILES string of the molecule is O=CNCCc1cc(-c2n[nH]c3c2CCc2ccccc2-3)ccn1. The molecule has 0 spiro atoms. The van der Waals surface area contributed by atoms with E-state index < -0.39 is 0 Å². The minimum absolute atomic E-state index is 0.589. The molecule has 0 fully saturated rings. The molecule has 2 heterocycles. The molecule has 1 aromatic carbocycles. The number of fused-ring (bicyclic) bond motifs is 3. The molecule has 0 saturated heterocycles. The molecular formula is C19H18N4O. The van der Waals surface area contributed by atoms with Crippen LogP contribution >= 0.6 is 0 Å². The Kier molecular flexibility index (Phi) is 3.83. The summed E-state index contributed by atoms with van der Waals surface area (Å²) in [6.45, 7) is 0.589. The monoisotopic (exact) mass is 318 g/mol. The van der Waals surface area contributed by atoms with E-state index in [1.165, 1.54) is 16.7 Å². The number of pyridine rings is 1. The van der Waals surface area contributed by atoms with Crippen molar-refractivity contribution >= 4 is 6.41 Å². The fourth-order valence-corrected chi connectivity index (χ4v) is 3.33. The molecule has 0 aliphatic heterocycles. The number of aryl methyl sites for hydroxylation is 1. The molecule has 0 bridgehead atoms. The maximum Gasteiger partial charge on any atom is 0.207 e. The first-order chi connectivity index (χ1) is 11.9. The number of aromatic nitrogens is 3.